The van der Waals surface area contributed by atoms with E-state index in [0.717, 1.165) is 17.4 Å². The first-order chi connectivity index (χ1) is 16.4. The molecule has 4 heteroatoms. The summed E-state index contributed by atoms with van der Waals surface area (Å²) in [5.41, 5.74) is 1.90. The van der Waals surface area contributed by atoms with Crippen molar-refractivity contribution in [2.75, 3.05) is 0 Å². The summed E-state index contributed by atoms with van der Waals surface area (Å²) in [4.78, 5) is 27.6. The summed E-state index contributed by atoms with van der Waals surface area (Å²) >= 11 is 0. The minimum atomic E-state index is -0.431. The Hall–Kier alpha value is -3.24. The Balaban J connectivity index is 1.37. The smallest absolute Gasteiger partial charge is 0.248 e. The molecule has 3 aromatic rings. The predicted molar refractivity (Wildman–Crippen MR) is 133 cm³/mol. The van der Waals surface area contributed by atoms with Crippen LogP contribution in [0.1, 0.15) is 43.7 Å². The summed E-state index contributed by atoms with van der Waals surface area (Å²) in [6.07, 6.45) is 5.81. The van der Waals surface area contributed by atoms with Crippen LogP contribution in [0.5, 0.6) is 0 Å². The molecule has 0 N–H and O–H groups in total. The molecule has 2 bridgehead atoms. The zero-order valence-electron chi connectivity index (χ0n) is 19.7. The lowest BCUT2D eigenvalue weighted by atomic mass is 9.78. The maximum Gasteiger partial charge on any atom is 0.248 e. The molecule has 34 heavy (non-hydrogen) atoms. The molecular formula is C30H30N2O2. The van der Waals surface area contributed by atoms with Crippen LogP contribution in [0.4, 0.5) is 0 Å². The van der Waals surface area contributed by atoms with Gasteiger partial charge in [0.15, 0.2) is 0 Å². The molecule has 1 unspecified atom stereocenters. The van der Waals surface area contributed by atoms with E-state index in [1.54, 1.807) is 0 Å². The third-order valence-electron chi connectivity index (χ3n) is 8.10. The second-order valence-electron chi connectivity index (χ2n) is 10.6. The Kier molecular flexibility index (Phi) is 4.96. The molecule has 0 aromatic heterocycles. The molecule has 4 atom stereocenters. The van der Waals surface area contributed by atoms with Crippen LogP contribution < -0.4 is 0 Å². The van der Waals surface area contributed by atoms with Crippen molar-refractivity contribution in [3.05, 3.63) is 96.1 Å². The van der Waals surface area contributed by atoms with E-state index < -0.39 is 5.54 Å². The number of allylic oxidation sites excluding steroid dienone is 2. The Morgan fingerprint density at radius 3 is 2.44 bits per heavy atom. The molecule has 3 aliphatic rings. The average molecular weight is 451 g/mol. The van der Waals surface area contributed by atoms with Gasteiger partial charge < -0.3 is 0 Å². The fourth-order valence-electron chi connectivity index (χ4n) is 6.49. The lowest BCUT2D eigenvalue weighted by Crippen LogP contribution is -2.52. The van der Waals surface area contributed by atoms with E-state index in [1.807, 2.05) is 35.3 Å². The second-order valence-corrected chi connectivity index (χ2v) is 10.6. The van der Waals surface area contributed by atoms with E-state index in [1.165, 1.54) is 16.0 Å². The predicted octanol–water partition coefficient (Wildman–Crippen LogP) is 5.70. The molecule has 4 nitrogen and oxygen atoms in total. The Bertz CT molecular complexity index is 1290. The van der Waals surface area contributed by atoms with E-state index in [2.05, 4.69) is 68.5 Å². The standard InChI is InChI=1S/C30H30N2O2/c1-30(2)18-26(33)32(31(30)19-24-13-8-12-20-9-6-7-14-25(20)24)29(34)28-23-16-15-22(17-23)27(28)21-10-4-3-5-11-21/h3-16,22-23,27-28H,17-19H2,1-2H3/t22-,23+,27?,28+/m0/s1. The fraction of sp³-hybridized carbons (Fsp3) is 0.333. The van der Waals surface area contributed by atoms with E-state index in [-0.39, 0.29) is 29.6 Å². The van der Waals surface area contributed by atoms with Gasteiger partial charge in [-0.2, -0.15) is 0 Å². The summed E-state index contributed by atoms with van der Waals surface area (Å²) in [7, 11) is 0. The van der Waals surface area contributed by atoms with Crippen molar-refractivity contribution >= 4 is 22.6 Å². The van der Waals surface area contributed by atoms with Crippen molar-refractivity contribution < 1.29 is 9.59 Å². The molecule has 1 saturated heterocycles. The SMILES string of the molecule is CC1(C)CC(=O)N(C(=O)[C@H]2C(c3ccccc3)[C@H]3C=C[C@@H]2C3)N1Cc1cccc2ccccc12. The van der Waals surface area contributed by atoms with Crippen LogP contribution in [0.3, 0.4) is 0 Å². The van der Waals surface area contributed by atoms with Gasteiger partial charge >= 0.3 is 0 Å². The topological polar surface area (TPSA) is 40.6 Å². The number of carbonyl (C=O) groups excluding carboxylic acids is 2. The first kappa shape index (κ1) is 21.3. The van der Waals surface area contributed by atoms with Crippen LogP contribution in [0.2, 0.25) is 0 Å². The molecule has 2 aliphatic carbocycles. The normalized spacial score (nSPS) is 27.7. The third kappa shape index (κ3) is 3.32. The molecule has 0 radical (unpaired) electrons. The van der Waals surface area contributed by atoms with E-state index in [0.29, 0.717) is 18.9 Å². The van der Waals surface area contributed by atoms with Crippen molar-refractivity contribution in [1.82, 2.24) is 10.0 Å². The zero-order valence-corrected chi connectivity index (χ0v) is 19.7. The van der Waals surface area contributed by atoms with Crippen LogP contribution >= 0.6 is 0 Å². The number of benzene rings is 3. The quantitative estimate of drug-likeness (QED) is 0.378. The summed E-state index contributed by atoms with van der Waals surface area (Å²) in [6, 6.07) is 24.9. The van der Waals surface area contributed by atoms with Gasteiger partial charge in [0.2, 0.25) is 11.8 Å². The summed E-state index contributed by atoms with van der Waals surface area (Å²) < 4.78 is 0. The maximum absolute atomic E-state index is 14.2. The highest BCUT2D eigenvalue weighted by molar-refractivity contribution is 5.98. The van der Waals surface area contributed by atoms with Crippen LogP contribution in [0.25, 0.3) is 10.8 Å². The van der Waals surface area contributed by atoms with Crippen LogP contribution in [0, 0.1) is 17.8 Å². The van der Waals surface area contributed by atoms with Gasteiger partial charge in [-0.15, -0.1) is 0 Å². The number of hydrogen-bond acceptors (Lipinski definition) is 3. The monoisotopic (exact) mass is 450 g/mol. The van der Waals surface area contributed by atoms with Gasteiger partial charge in [0, 0.05) is 24.4 Å². The summed E-state index contributed by atoms with van der Waals surface area (Å²) in [6.45, 7) is 4.66. The van der Waals surface area contributed by atoms with Crippen LogP contribution in [-0.4, -0.2) is 27.4 Å². The molecule has 2 fully saturated rings. The van der Waals surface area contributed by atoms with Crippen LogP contribution in [-0.2, 0) is 16.1 Å². The lowest BCUT2D eigenvalue weighted by Gasteiger charge is -2.38. The highest BCUT2D eigenvalue weighted by atomic mass is 16.2. The average Bonchev–Trinajstić information content (AvgIpc) is 3.51. The van der Waals surface area contributed by atoms with Crippen molar-refractivity contribution in [3.8, 4) is 0 Å². The Labute approximate surface area is 200 Å². The van der Waals surface area contributed by atoms with Crippen molar-refractivity contribution in [2.24, 2.45) is 17.8 Å². The first-order valence-corrected chi connectivity index (χ1v) is 12.3. The van der Waals surface area contributed by atoms with Gasteiger partial charge in [0.1, 0.15) is 0 Å². The molecule has 172 valence electrons. The Morgan fingerprint density at radius 2 is 1.62 bits per heavy atom. The van der Waals surface area contributed by atoms with E-state index in [9.17, 15) is 9.59 Å². The van der Waals surface area contributed by atoms with Gasteiger partial charge in [-0.25, -0.2) is 10.0 Å². The minimum absolute atomic E-state index is 0.0403. The highest BCUT2D eigenvalue weighted by Crippen LogP contribution is 2.54. The highest BCUT2D eigenvalue weighted by Gasteiger charge is 2.54. The number of hydrazine groups is 1. The maximum atomic E-state index is 14.2. The fourth-order valence-corrected chi connectivity index (χ4v) is 6.49. The molecular weight excluding hydrogens is 420 g/mol. The van der Waals surface area contributed by atoms with Gasteiger partial charge in [-0.3, -0.25) is 9.59 Å². The van der Waals surface area contributed by atoms with Crippen LogP contribution in [0.15, 0.2) is 84.9 Å². The lowest BCUT2D eigenvalue weighted by molar-refractivity contribution is -0.165. The number of fused-ring (bicyclic) bond motifs is 3. The number of imide groups is 1. The molecule has 2 amide bonds. The van der Waals surface area contributed by atoms with E-state index >= 15 is 0 Å². The molecule has 1 heterocycles. The molecule has 1 saturated carbocycles. The number of carbonyl (C=O) groups is 2. The van der Waals surface area contributed by atoms with Crippen molar-refractivity contribution in [1.29, 1.82) is 0 Å². The van der Waals surface area contributed by atoms with Gasteiger partial charge in [0.25, 0.3) is 0 Å². The van der Waals surface area contributed by atoms with Gasteiger partial charge in [-0.05, 0) is 54.0 Å². The van der Waals surface area contributed by atoms with Gasteiger partial charge in [0.05, 0.1) is 5.92 Å². The summed E-state index contributed by atoms with van der Waals surface area (Å²) in [5, 5.41) is 5.87. The van der Waals surface area contributed by atoms with Gasteiger partial charge in [-0.1, -0.05) is 84.9 Å². The zero-order chi connectivity index (χ0) is 23.4. The van der Waals surface area contributed by atoms with Crippen molar-refractivity contribution in [2.45, 2.75) is 44.7 Å². The van der Waals surface area contributed by atoms with E-state index in [4.69, 9.17) is 0 Å². The number of nitrogens with zero attached hydrogens (tertiary/aromatic N) is 2. The largest absolute Gasteiger partial charge is 0.273 e. The number of amides is 2. The minimum Gasteiger partial charge on any atom is -0.273 e. The summed E-state index contributed by atoms with van der Waals surface area (Å²) in [5.74, 6) is 0.345. The second kappa shape index (κ2) is 7.92. The third-order valence-corrected chi connectivity index (χ3v) is 8.10. The molecule has 1 aliphatic heterocycles. The first-order valence-electron chi connectivity index (χ1n) is 12.3. The number of rotatable bonds is 4. The Morgan fingerprint density at radius 1 is 0.912 bits per heavy atom. The molecule has 3 aromatic carbocycles. The molecule has 0 spiro atoms. The molecule has 6 rings (SSSR count). The van der Waals surface area contributed by atoms with Crippen molar-refractivity contribution in [3.63, 3.8) is 0 Å². The number of hydrogen-bond donors (Lipinski definition) is 0.